The van der Waals surface area contributed by atoms with Crippen LogP contribution in [0.5, 0.6) is 0 Å². The molecule has 0 aliphatic rings. The molecule has 0 atom stereocenters. The minimum Gasteiger partial charge on any atom is -0.312 e. The van der Waals surface area contributed by atoms with Crippen LogP contribution in [-0.4, -0.2) is 11.0 Å². The maximum absolute atomic E-state index is 3.48. The lowest BCUT2D eigenvalue weighted by Crippen LogP contribution is -2.13. The van der Waals surface area contributed by atoms with Gasteiger partial charge in [0.1, 0.15) is 0 Å². The second-order valence-electron chi connectivity index (χ2n) is 3.49. The minimum absolute atomic E-state index is 1.02. The van der Waals surface area contributed by atoms with Gasteiger partial charge in [-0.15, -0.1) is 11.3 Å². The Hall–Kier alpha value is 0.870. The van der Waals surface area contributed by atoms with Gasteiger partial charge >= 0.3 is 0 Å². The summed E-state index contributed by atoms with van der Waals surface area (Å²) in [5.41, 5.74) is 0. The standard InChI is InChI=1S/C11H17BrINS/c12-11-6-5-10(15-11)9-14-8-4-2-1-3-7-13/h5-6,14H,1-4,7-9H2. The molecule has 1 rings (SSSR count). The lowest BCUT2D eigenvalue weighted by molar-refractivity contribution is 0.603. The maximum Gasteiger partial charge on any atom is 0.0701 e. The highest BCUT2D eigenvalue weighted by Crippen LogP contribution is 2.21. The Morgan fingerprint density at radius 1 is 1.20 bits per heavy atom. The highest BCUT2D eigenvalue weighted by atomic mass is 127. The summed E-state index contributed by atoms with van der Waals surface area (Å²) in [6, 6.07) is 4.29. The van der Waals surface area contributed by atoms with Gasteiger partial charge in [0.15, 0.2) is 0 Å². The number of rotatable bonds is 8. The lowest BCUT2D eigenvalue weighted by atomic mass is 10.2. The molecule has 0 fully saturated rings. The van der Waals surface area contributed by atoms with E-state index in [1.807, 2.05) is 11.3 Å². The molecule has 86 valence electrons. The molecule has 4 heteroatoms. The molecule has 1 nitrogen and oxygen atoms in total. The summed E-state index contributed by atoms with van der Waals surface area (Å²) in [4.78, 5) is 1.41. The van der Waals surface area contributed by atoms with E-state index in [4.69, 9.17) is 0 Å². The molecule has 0 amide bonds. The number of alkyl halides is 1. The molecule has 1 heterocycles. The topological polar surface area (TPSA) is 12.0 Å². The van der Waals surface area contributed by atoms with Gasteiger partial charge in [-0.3, -0.25) is 0 Å². The van der Waals surface area contributed by atoms with Crippen LogP contribution in [-0.2, 0) is 6.54 Å². The SMILES string of the molecule is Brc1ccc(CNCCCCCCI)s1. The first-order chi connectivity index (χ1) is 7.33. The van der Waals surface area contributed by atoms with Crippen LogP contribution >= 0.6 is 49.9 Å². The molecule has 15 heavy (non-hydrogen) atoms. The molecule has 0 aliphatic heterocycles. The van der Waals surface area contributed by atoms with Crippen molar-refractivity contribution in [2.45, 2.75) is 32.2 Å². The first-order valence-corrected chi connectivity index (χ1v) is 8.47. The predicted molar refractivity (Wildman–Crippen MR) is 81.1 cm³/mol. The summed E-state index contributed by atoms with van der Waals surface area (Å²) in [6.07, 6.45) is 5.43. The second-order valence-corrected chi connectivity index (χ2v) is 7.11. The molecule has 0 spiro atoms. The van der Waals surface area contributed by atoms with E-state index in [0.29, 0.717) is 0 Å². The van der Waals surface area contributed by atoms with Crippen molar-refractivity contribution in [2.24, 2.45) is 0 Å². The van der Waals surface area contributed by atoms with Crippen molar-refractivity contribution in [2.75, 3.05) is 11.0 Å². The van der Waals surface area contributed by atoms with E-state index >= 15 is 0 Å². The fourth-order valence-electron chi connectivity index (χ4n) is 1.36. The molecule has 0 aliphatic carbocycles. The molecular weight excluding hydrogens is 385 g/mol. The quantitative estimate of drug-likeness (QED) is 0.381. The Morgan fingerprint density at radius 2 is 2.00 bits per heavy atom. The van der Waals surface area contributed by atoms with Crippen LogP contribution in [0, 0.1) is 0 Å². The Balaban J connectivity index is 1.93. The molecule has 0 bridgehead atoms. The first kappa shape index (κ1) is 13.9. The van der Waals surface area contributed by atoms with Crippen LogP contribution < -0.4 is 5.32 Å². The van der Waals surface area contributed by atoms with Crippen molar-refractivity contribution < 1.29 is 0 Å². The third-order valence-electron chi connectivity index (χ3n) is 2.17. The first-order valence-electron chi connectivity index (χ1n) is 5.34. The molecule has 1 aromatic rings. The maximum atomic E-state index is 3.48. The summed E-state index contributed by atoms with van der Waals surface area (Å²) in [7, 11) is 0. The molecule has 0 saturated carbocycles. The minimum atomic E-state index is 1.02. The van der Waals surface area contributed by atoms with Crippen LogP contribution in [0.2, 0.25) is 0 Å². The molecule has 0 unspecified atom stereocenters. The average Bonchev–Trinajstić information content (AvgIpc) is 2.63. The van der Waals surface area contributed by atoms with Gasteiger partial charge in [-0.1, -0.05) is 35.4 Å². The fourth-order valence-corrected chi connectivity index (χ4v) is 3.35. The largest absolute Gasteiger partial charge is 0.312 e. The van der Waals surface area contributed by atoms with Crippen molar-refractivity contribution in [3.63, 3.8) is 0 Å². The zero-order valence-electron chi connectivity index (χ0n) is 8.77. The van der Waals surface area contributed by atoms with E-state index in [1.165, 1.54) is 38.8 Å². The van der Waals surface area contributed by atoms with Crippen LogP contribution in [0.4, 0.5) is 0 Å². The average molecular weight is 402 g/mol. The van der Waals surface area contributed by atoms with Gasteiger partial charge in [0.25, 0.3) is 0 Å². The summed E-state index contributed by atoms with van der Waals surface area (Å²) in [5.74, 6) is 0. The fraction of sp³-hybridized carbons (Fsp3) is 0.636. The van der Waals surface area contributed by atoms with Gasteiger partial charge < -0.3 is 5.32 Å². The van der Waals surface area contributed by atoms with Crippen LogP contribution in [0.1, 0.15) is 30.6 Å². The van der Waals surface area contributed by atoms with Crippen molar-refractivity contribution >= 4 is 49.9 Å². The van der Waals surface area contributed by atoms with E-state index in [2.05, 4.69) is 56.0 Å². The van der Waals surface area contributed by atoms with Crippen molar-refractivity contribution in [3.8, 4) is 0 Å². The summed E-state index contributed by atoms with van der Waals surface area (Å²) in [6.45, 7) is 2.17. The van der Waals surface area contributed by atoms with Gasteiger partial charge in [0.05, 0.1) is 3.79 Å². The van der Waals surface area contributed by atoms with Crippen LogP contribution in [0.3, 0.4) is 0 Å². The van der Waals surface area contributed by atoms with Gasteiger partial charge in [0.2, 0.25) is 0 Å². The Morgan fingerprint density at radius 3 is 2.67 bits per heavy atom. The van der Waals surface area contributed by atoms with E-state index in [1.54, 1.807) is 0 Å². The van der Waals surface area contributed by atoms with Crippen molar-refractivity contribution in [1.29, 1.82) is 0 Å². The number of unbranched alkanes of at least 4 members (excludes halogenated alkanes) is 3. The predicted octanol–water partition coefficient (Wildman–Crippen LogP) is 4.60. The number of nitrogens with one attached hydrogen (secondary N) is 1. The Labute approximate surface area is 118 Å². The summed E-state index contributed by atoms with van der Waals surface area (Å²) >= 11 is 7.73. The highest BCUT2D eigenvalue weighted by Gasteiger charge is 1.96. The van der Waals surface area contributed by atoms with E-state index in [0.717, 1.165) is 13.1 Å². The molecule has 1 N–H and O–H groups in total. The number of halogens is 2. The van der Waals surface area contributed by atoms with E-state index in [-0.39, 0.29) is 0 Å². The zero-order valence-corrected chi connectivity index (χ0v) is 13.3. The summed E-state index contributed by atoms with van der Waals surface area (Å²) < 4.78 is 2.52. The highest BCUT2D eigenvalue weighted by molar-refractivity contribution is 14.1. The molecular formula is C11H17BrINS. The van der Waals surface area contributed by atoms with Crippen LogP contribution in [0.15, 0.2) is 15.9 Å². The smallest absolute Gasteiger partial charge is 0.0701 e. The van der Waals surface area contributed by atoms with Crippen molar-refractivity contribution in [1.82, 2.24) is 5.32 Å². The van der Waals surface area contributed by atoms with Crippen molar-refractivity contribution in [3.05, 3.63) is 20.8 Å². The Kier molecular flexibility index (Phi) is 8.32. The number of thiophene rings is 1. The van der Waals surface area contributed by atoms with E-state index < -0.39 is 0 Å². The molecule has 0 aromatic carbocycles. The van der Waals surface area contributed by atoms with Gasteiger partial charge in [-0.25, -0.2) is 0 Å². The number of hydrogen-bond acceptors (Lipinski definition) is 2. The zero-order chi connectivity index (χ0) is 10.9. The molecule has 0 saturated heterocycles. The van der Waals surface area contributed by atoms with E-state index in [9.17, 15) is 0 Å². The third-order valence-corrected chi connectivity index (χ3v) is 4.55. The second kappa shape index (κ2) is 8.96. The third kappa shape index (κ3) is 6.92. The molecule has 1 aromatic heterocycles. The normalized spacial score (nSPS) is 10.8. The van der Waals surface area contributed by atoms with Gasteiger partial charge in [0, 0.05) is 11.4 Å². The number of hydrogen-bond donors (Lipinski definition) is 1. The van der Waals surface area contributed by atoms with Crippen LogP contribution in [0.25, 0.3) is 0 Å². The van der Waals surface area contributed by atoms with Gasteiger partial charge in [-0.05, 0) is 51.9 Å². The van der Waals surface area contributed by atoms with Gasteiger partial charge in [-0.2, -0.15) is 0 Å². The monoisotopic (exact) mass is 401 g/mol. The molecule has 0 radical (unpaired) electrons. The Bertz CT molecular complexity index is 265. The summed E-state index contributed by atoms with van der Waals surface area (Å²) in [5, 5.41) is 3.48. The lowest BCUT2D eigenvalue weighted by Gasteiger charge is -2.02.